The van der Waals surface area contributed by atoms with E-state index in [1.165, 1.54) is 12.4 Å². The average molecular weight is 1090 g/mol. The standard InChI is InChI=1S/C11H8N2O.2C11H9NO3.2C10H8ClNO.H2N5O.Na/c1-14-9-2-3-10-8(6-9)4-5-13-11(10)7-12;2*1-15-8-2-3-9-7(6-8)4-5-12-10(9)11(13)14;2*1-13-8-2-3-9-7(6-8)4-5-12-10(9)11;1-2-3-4-5-6;/h2-6H,1H3;2*2-6H,1H3,(H,13,14);2*2-6H,1H3;(H2-,1,2,3,4,5,6);/q;;;;;-1;+1. The molecule has 5 heterocycles. The van der Waals surface area contributed by atoms with Crippen LogP contribution in [0.25, 0.3) is 59.4 Å². The number of nitrogens with zero attached hydrogens (tertiary/aromatic N) is 9. The second kappa shape index (κ2) is 31.0. The van der Waals surface area contributed by atoms with Crippen LogP contribution in [-0.2, 0) is 0 Å². The maximum Gasteiger partial charge on any atom is 1.00 e. The molecule has 0 radical (unpaired) electrons. The molecule has 0 unspecified atom stereocenters. The van der Waals surface area contributed by atoms with Gasteiger partial charge in [-0.3, -0.25) is 5.22 Å². The van der Waals surface area contributed by atoms with Gasteiger partial charge in [-0.1, -0.05) is 23.2 Å². The van der Waals surface area contributed by atoms with E-state index in [0.29, 0.717) is 38.3 Å². The Hall–Kier alpha value is -9.04. The van der Waals surface area contributed by atoms with E-state index in [2.05, 4.69) is 41.5 Å². The van der Waals surface area contributed by atoms with Crippen LogP contribution in [-0.4, -0.2) is 82.6 Å². The summed E-state index contributed by atoms with van der Waals surface area (Å²) in [5.41, 5.74) is 11.3. The summed E-state index contributed by atoms with van der Waals surface area (Å²) in [4.78, 5) is 50.3. The number of nitroso groups, excluding NO2 is 1. The third-order valence-corrected chi connectivity index (χ3v) is 11.0. The van der Waals surface area contributed by atoms with Crippen LogP contribution in [0.3, 0.4) is 0 Å². The minimum Gasteiger partial charge on any atom is -0.497 e. The summed E-state index contributed by atoms with van der Waals surface area (Å²) < 4.78 is 25.4. The van der Waals surface area contributed by atoms with Crippen molar-refractivity contribution in [3.05, 3.63) is 190 Å². The van der Waals surface area contributed by atoms with Crippen molar-refractivity contribution in [2.75, 3.05) is 35.5 Å². The van der Waals surface area contributed by atoms with Crippen LogP contribution < -0.4 is 64.3 Å². The number of pyridine rings is 5. The van der Waals surface area contributed by atoms with Gasteiger partial charge in [0.15, 0.2) is 11.4 Å². The van der Waals surface area contributed by atoms with Gasteiger partial charge in [-0.15, -0.1) is 4.91 Å². The molecule has 77 heavy (non-hydrogen) atoms. The molecule has 0 saturated heterocycles. The third kappa shape index (κ3) is 17.0. The zero-order valence-corrected chi connectivity index (χ0v) is 45.4. The molecule has 4 N–H and O–H groups in total. The van der Waals surface area contributed by atoms with E-state index >= 15 is 0 Å². The van der Waals surface area contributed by atoms with Gasteiger partial charge in [-0.05, 0) is 148 Å². The smallest absolute Gasteiger partial charge is 0.497 e. The fourth-order valence-corrected chi connectivity index (χ4v) is 7.27. The van der Waals surface area contributed by atoms with Crippen molar-refractivity contribution in [3.63, 3.8) is 0 Å². The van der Waals surface area contributed by atoms with E-state index in [4.69, 9.17) is 72.8 Å². The van der Waals surface area contributed by atoms with Crippen LogP contribution in [0.15, 0.2) is 163 Å². The van der Waals surface area contributed by atoms with Crippen LogP contribution in [0.2, 0.25) is 10.3 Å². The topological polar surface area (TPSA) is 297 Å². The number of carbonyl (C=O) groups is 2. The molecule has 5 aromatic carbocycles. The van der Waals surface area contributed by atoms with Crippen molar-refractivity contribution in [1.29, 1.82) is 5.26 Å². The molecule has 0 aliphatic carbocycles. The number of fused-ring (bicyclic) bond motifs is 5. The number of benzene rings is 5. The molecule has 0 aliphatic heterocycles. The number of ether oxygens (including phenoxy) is 5. The Labute approximate surface area is 471 Å². The number of nitriles is 1. The summed E-state index contributed by atoms with van der Waals surface area (Å²) in [5.74, 6) is 1.80. The molecule has 0 bridgehead atoms. The van der Waals surface area contributed by atoms with Gasteiger partial charge in [0.25, 0.3) is 0 Å². The second-order valence-corrected chi connectivity index (χ2v) is 15.5. The molecule has 0 fully saturated rings. The van der Waals surface area contributed by atoms with E-state index in [1.807, 2.05) is 72.8 Å². The molecule has 0 spiro atoms. The van der Waals surface area contributed by atoms with Gasteiger partial charge >= 0.3 is 41.5 Å². The van der Waals surface area contributed by atoms with Crippen molar-refractivity contribution in [2.45, 2.75) is 0 Å². The number of methoxy groups -OCH3 is 5. The molecule has 10 aromatic rings. The number of halogens is 2. The summed E-state index contributed by atoms with van der Waals surface area (Å²) in [6.07, 6.45) is 7.95. The average Bonchev–Trinajstić information content (AvgIpc) is 3.46. The van der Waals surface area contributed by atoms with Crippen LogP contribution in [0.5, 0.6) is 28.7 Å². The van der Waals surface area contributed by atoms with E-state index in [1.54, 1.807) is 114 Å². The Morgan fingerprint density at radius 1 is 0.494 bits per heavy atom. The normalized spacial score (nSPS) is 9.69. The number of hydrogen-bond acceptors (Lipinski definition) is 16. The number of aromatic carboxylic acids is 2. The van der Waals surface area contributed by atoms with E-state index in [-0.39, 0.29) is 40.9 Å². The minimum atomic E-state index is -1.02. The molecular formula is C53H44Cl2N11NaO10. The summed E-state index contributed by atoms with van der Waals surface area (Å²) in [5, 5.41) is 40.7. The van der Waals surface area contributed by atoms with Crippen LogP contribution >= 0.6 is 23.2 Å². The number of aromatic nitrogens is 5. The largest absolute Gasteiger partial charge is 1.00 e. The van der Waals surface area contributed by atoms with E-state index in [0.717, 1.165) is 60.3 Å². The Morgan fingerprint density at radius 3 is 1.09 bits per heavy atom. The number of hydrazine groups is 1. The summed E-state index contributed by atoms with van der Waals surface area (Å²) in [6.45, 7) is 0. The first-order valence-electron chi connectivity index (χ1n) is 21.8. The van der Waals surface area contributed by atoms with Gasteiger partial charge in [0.05, 0.1) is 40.8 Å². The van der Waals surface area contributed by atoms with Gasteiger partial charge in [0.1, 0.15) is 50.8 Å². The Morgan fingerprint density at radius 2 is 0.792 bits per heavy atom. The number of nitrogens with one attached hydrogen (secondary N) is 2. The maximum atomic E-state index is 10.9. The van der Waals surface area contributed by atoms with Crippen molar-refractivity contribution in [3.8, 4) is 34.8 Å². The van der Waals surface area contributed by atoms with Gasteiger partial charge in [-0.25, -0.2) is 40.0 Å². The predicted molar refractivity (Wildman–Crippen MR) is 288 cm³/mol. The first-order chi connectivity index (χ1) is 36.8. The second-order valence-electron chi connectivity index (χ2n) is 14.8. The van der Waals surface area contributed by atoms with Crippen LogP contribution in [0.4, 0.5) is 0 Å². The van der Waals surface area contributed by atoms with Crippen molar-refractivity contribution in [2.24, 2.45) is 10.5 Å². The molecule has 21 nitrogen and oxygen atoms in total. The molecule has 5 aromatic heterocycles. The molecule has 386 valence electrons. The monoisotopic (exact) mass is 1090 g/mol. The molecule has 0 saturated carbocycles. The first-order valence-corrected chi connectivity index (χ1v) is 22.6. The predicted octanol–water partition coefficient (Wildman–Crippen LogP) is 8.49. The van der Waals surface area contributed by atoms with Crippen LogP contribution in [0, 0.1) is 16.2 Å². The zero-order chi connectivity index (χ0) is 55.0. The number of carboxylic acids is 2. The van der Waals surface area contributed by atoms with Crippen molar-refractivity contribution in [1.82, 2.24) is 36.0 Å². The van der Waals surface area contributed by atoms with Gasteiger partial charge < -0.3 is 45.0 Å². The van der Waals surface area contributed by atoms with E-state index in [9.17, 15) is 9.59 Å². The SMILES string of the molecule is COc1ccc2c(C#N)nccc2c1.COc1ccc2c(C(=O)O)nccc2c1.COc1ccc2c(C(=O)O)nccc2c1.COc1ccc2c(Cl)nccc2c1.COc1ccc2c(Cl)nccc2c1.[N-]=NNNN=O.[Na+]. The Balaban J connectivity index is 0.000000202. The number of carboxylic acid groups (broad SMARTS) is 2. The van der Waals surface area contributed by atoms with E-state index < -0.39 is 11.9 Å². The van der Waals surface area contributed by atoms with Gasteiger partial charge in [0.2, 0.25) is 0 Å². The van der Waals surface area contributed by atoms with Crippen LogP contribution in [0.1, 0.15) is 26.7 Å². The molecule has 0 aliphatic rings. The molecule has 10 rings (SSSR count). The maximum absolute atomic E-state index is 10.9. The Bertz CT molecular complexity index is 3500. The fourth-order valence-electron chi connectivity index (χ4n) is 6.81. The fraction of sp³-hybridized carbons (Fsp3) is 0.0943. The first kappa shape index (κ1) is 60.5. The van der Waals surface area contributed by atoms with Crippen molar-refractivity contribution >= 4 is 89.0 Å². The molecule has 0 amide bonds. The zero-order valence-electron chi connectivity index (χ0n) is 41.9. The third-order valence-electron chi connectivity index (χ3n) is 10.4. The van der Waals surface area contributed by atoms with Gasteiger partial charge in [0, 0.05) is 57.9 Å². The summed E-state index contributed by atoms with van der Waals surface area (Å²) in [6, 6.07) is 38.6. The summed E-state index contributed by atoms with van der Waals surface area (Å²) in [7, 11) is 8.04. The number of hydrogen-bond donors (Lipinski definition) is 4. The molecular weight excluding hydrogens is 1040 g/mol. The van der Waals surface area contributed by atoms with Crippen molar-refractivity contribution < 1.29 is 73.0 Å². The Kier molecular flexibility index (Phi) is 24.4. The molecule has 24 heteroatoms. The summed E-state index contributed by atoms with van der Waals surface area (Å²) >= 11 is 11.8. The minimum absolute atomic E-state index is 0. The number of rotatable bonds is 10. The van der Waals surface area contributed by atoms with Gasteiger partial charge in [-0.2, -0.15) is 5.26 Å². The quantitative estimate of drug-likeness (QED) is 0.0249. The molecule has 0 atom stereocenters.